The van der Waals surface area contributed by atoms with Crippen LogP contribution in [0.5, 0.6) is 5.75 Å². The first-order valence-corrected chi connectivity index (χ1v) is 11.0. The van der Waals surface area contributed by atoms with E-state index in [9.17, 15) is 9.59 Å². The van der Waals surface area contributed by atoms with Gasteiger partial charge in [0.2, 0.25) is 5.91 Å². The highest BCUT2D eigenvalue weighted by atomic mass is 16.5. The minimum absolute atomic E-state index is 0.00246. The van der Waals surface area contributed by atoms with Crippen molar-refractivity contribution < 1.29 is 9.53 Å². The number of hydrogen-bond acceptors (Lipinski definition) is 4. The van der Waals surface area contributed by atoms with Crippen LogP contribution < -0.4 is 15.6 Å². The number of carbonyl (C=O) groups is 1. The zero-order valence-electron chi connectivity index (χ0n) is 18.2. The molecule has 1 amide bonds. The van der Waals surface area contributed by atoms with Gasteiger partial charge in [-0.15, -0.1) is 0 Å². The Kier molecular flexibility index (Phi) is 6.35. The lowest BCUT2D eigenvalue weighted by atomic mass is 9.86. The lowest BCUT2D eigenvalue weighted by Crippen LogP contribution is -2.22. The van der Waals surface area contributed by atoms with Crippen molar-refractivity contribution >= 4 is 22.5 Å². The van der Waals surface area contributed by atoms with Crippen LogP contribution in [-0.4, -0.2) is 22.6 Å². The molecule has 162 valence electrons. The third-order valence-corrected chi connectivity index (χ3v) is 6.17. The second kappa shape index (κ2) is 9.33. The minimum atomic E-state index is -0.130. The molecule has 1 fully saturated rings. The molecule has 6 nitrogen and oxygen atoms in total. The number of para-hydroxylation sites is 1. The van der Waals surface area contributed by atoms with Gasteiger partial charge in [0, 0.05) is 12.5 Å². The number of anilines is 1. The van der Waals surface area contributed by atoms with E-state index in [0.717, 1.165) is 6.42 Å². The molecule has 0 spiro atoms. The van der Waals surface area contributed by atoms with Crippen molar-refractivity contribution in [2.45, 2.75) is 51.9 Å². The van der Waals surface area contributed by atoms with E-state index in [2.05, 4.69) is 10.3 Å². The smallest absolute Gasteiger partial charge is 0.265 e. The van der Waals surface area contributed by atoms with Crippen molar-refractivity contribution in [3.63, 3.8) is 0 Å². The van der Waals surface area contributed by atoms with Gasteiger partial charge in [0.05, 0.1) is 29.4 Å². The van der Waals surface area contributed by atoms with Crippen molar-refractivity contribution in [2.75, 3.05) is 12.4 Å². The van der Waals surface area contributed by atoms with Crippen molar-refractivity contribution in [3.8, 4) is 11.4 Å². The number of aromatic nitrogens is 2. The minimum Gasteiger partial charge on any atom is -0.494 e. The van der Waals surface area contributed by atoms with Crippen LogP contribution in [0.25, 0.3) is 16.6 Å². The number of fused-ring (bicyclic) bond motifs is 1. The van der Waals surface area contributed by atoms with Crippen LogP contribution in [-0.2, 0) is 4.79 Å². The Balaban J connectivity index is 1.55. The molecule has 31 heavy (non-hydrogen) atoms. The molecule has 0 saturated heterocycles. The lowest BCUT2D eigenvalue weighted by molar-refractivity contribution is -0.116. The molecule has 0 unspecified atom stereocenters. The average molecular weight is 420 g/mol. The molecule has 2 aromatic carbocycles. The molecule has 1 saturated carbocycles. The predicted octanol–water partition coefficient (Wildman–Crippen LogP) is 5.00. The van der Waals surface area contributed by atoms with E-state index in [1.165, 1.54) is 32.1 Å². The van der Waals surface area contributed by atoms with Gasteiger partial charge < -0.3 is 10.1 Å². The maximum atomic E-state index is 13.1. The summed E-state index contributed by atoms with van der Waals surface area (Å²) in [5.41, 5.74) is 1.81. The maximum Gasteiger partial charge on any atom is 0.265 e. The summed E-state index contributed by atoms with van der Waals surface area (Å²) in [5.74, 6) is 1.77. The number of aryl methyl sites for hydroxylation is 1. The monoisotopic (exact) mass is 419 g/mol. The highest BCUT2D eigenvalue weighted by Gasteiger charge is 2.17. The van der Waals surface area contributed by atoms with Crippen molar-refractivity contribution in [1.29, 1.82) is 0 Å². The highest BCUT2D eigenvalue weighted by molar-refractivity contribution is 5.92. The summed E-state index contributed by atoms with van der Waals surface area (Å²) in [6.45, 7) is 1.81. The number of methoxy groups -OCH3 is 1. The number of hydrogen-bond donors (Lipinski definition) is 1. The molecule has 1 aliphatic carbocycles. The van der Waals surface area contributed by atoms with Crippen molar-refractivity contribution in [1.82, 2.24) is 9.55 Å². The van der Waals surface area contributed by atoms with Gasteiger partial charge in [0.1, 0.15) is 11.6 Å². The van der Waals surface area contributed by atoms with Crippen molar-refractivity contribution in [3.05, 3.63) is 58.6 Å². The molecule has 0 radical (unpaired) electrons. The Morgan fingerprint density at radius 3 is 2.71 bits per heavy atom. The molecule has 0 aliphatic heterocycles. The number of amides is 1. The van der Waals surface area contributed by atoms with Crippen LogP contribution in [0.3, 0.4) is 0 Å². The third-order valence-electron chi connectivity index (χ3n) is 6.17. The summed E-state index contributed by atoms with van der Waals surface area (Å²) < 4.78 is 7.09. The fourth-order valence-electron chi connectivity index (χ4n) is 4.49. The molecule has 1 aromatic heterocycles. The number of rotatable bonds is 6. The molecular formula is C25H29N3O3. The molecule has 4 rings (SSSR count). The summed E-state index contributed by atoms with van der Waals surface area (Å²) in [6, 6.07) is 12.7. The number of nitrogens with zero attached hydrogens (tertiary/aromatic N) is 2. The molecule has 1 N–H and O–H groups in total. The van der Waals surface area contributed by atoms with Crippen LogP contribution in [0, 0.1) is 12.8 Å². The fraction of sp³-hybridized carbons (Fsp3) is 0.400. The van der Waals surface area contributed by atoms with Crippen LogP contribution in [0.4, 0.5) is 5.69 Å². The molecular weight excluding hydrogens is 390 g/mol. The fourth-order valence-corrected chi connectivity index (χ4v) is 4.49. The summed E-state index contributed by atoms with van der Waals surface area (Å²) in [4.78, 5) is 30.1. The molecule has 1 aliphatic rings. The summed E-state index contributed by atoms with van der Waals surface area (Å²) in [5, 5.41) is 3.53. The van der Waals surface area contributed by atoms with Gasteiger partial charge in [-0.3, -0.25) is 14.2 Å². The van der Waals surface area contributed by atoms with E-state index in [1.54, 1.807) is 36.8 Å². The summed E-state index contributed by atoms with van der Waals surface area (Å²) in [6.07, 6.45) is 7.81. The van der Waals surface area contributed by atoms with Gasteiger partial charge in [-0.1, -0.05) is 44.2 Å². The molecule has 3 aromatic rings. The molecule has 0 atom stereocenters. The average Bonchev–Trinajstić information content (AvgIpc) is 2.79. The number of benzene rings is 2. The van der Waals surface area contributed by atoms with Gasteiger partial charge >= 0.3 is 0 Å². The Morgan fingerprint density at radius 2 is 1.94 bits per heavy atom. The maximum absolute atomic E-state index is 13.1. The molecule has 6 heteroatoms. The van der Waals surface area contributed by atoms with E-state index >= 15 is 0 Å². The third kappa shape index (κ3) is 4.63. The van der Waals surface area contributed by atoms with E-state index < -0.39 is 0 Å². The van der Waals surface area contributed by atoms with Crippen LogP contribution in [0.2, 0.25) is 0 Å². The van der Waals surface area contributed by atoms with E-state index in [4.69, 9.17) is 4.74 Å². The first-order valence-electron chi connectivity index (χ1n) is 11.0. The summed E-state index contributed by atoms with van der Waals surface area (Å²) >= 11 is 0. The Hall–Kier alpha value is -3.15. The Morgan fingerprint density at radius 1 is 1.16 bits per heavy atom. The summed E-state index contributed by atoms with van der Waals surface area (Å²) in [7, 11) is 1.56. The zero-order chi connectivity index (χ0) is 21.8. The second-order valence-corrected chi connectivity index (χ2v) is 8.29. The second-order valence-electron chi connectivity index (χ2n) is 8.29. The van der Waals surface area contributed by atoms with Crippen LogP contribution in [0.1, 0.15) is 50.8 Å². The normalized spacial score (nSPS) is 14.5. The van der Waals surface area contributed by atoms with Gasteiger partial charge in [-0.2, -0.15) is 0 Å². The first kappa shape index (κ1) is 21.1. The van der Waals surface area contributed by atoms with E-state index in [0.29, 0.717) is 46.2 Å². The van der Waals surface area contributed by atoms with Crippen molar-refractivity contribution in [2.24, 2.45) is 5.92 Å². The van der Waals surface area contributed by atoms with E-state index in [-0.39, 0.29) is 11.5 Å². The van der Waals surface area contributed by atoms with Gasteiger partial charge in [0.25, 0.3) is 5.56 Å². The SMILES string of the molecule is COc1cc(-n2c(C)nc3ccccc3c2=O)ccc1NC(=O)CCC1CCCCC1. The first-order chi connectivity index (χ1) is 15.1. The number of carbonyl (C=O) groups excluding carboxylic acids is 1. The quantitative estimate of drug-likeness (QED) is 0.610. The standard InChI is InChI=1S/C25H29N3O3/c1-17-26-21-11-7-6-10-20(21)25(30)28(17)19-13-14-22(23(16-19)31-2)27-24(29)15-12-18-8-4-3-5-9-18/h6-7,10-11,13-14,16,18H,3-5,8-9,12,15H2,1-2H3,(H,27,29). The van der Waals surface area contributed by atoms with Crippen LogP contribution >= 0.6 is 0 Å². The lowest BCUT2D eigenvalue weighted by Gasteiger charge is -2.21. The van der Waals surface area contributed by atoms with Gasteiger partial charge in [0.15, 0.2) is 0 Å². The Bertz CT molecular complexity index is 1150. The van der Waals surface area contributed by atoms with E-state index in [1.807, 2.05) is 24.3 Å². The molecule has 0 bridgehead atoms. The number of nitrogens with one attached hydrogen (secondary N) is 1. The zero-order valence-corrected chi connectivity index (χ0v) is 18.2. The van der Waals surface area contributed by atoms with Gasteiger partial charge in [-0.05, 0) is 43.5 Å². The molecule has 1 heterocycles. The highest BCUT2D eigenvalue weighted by Crippen LogP contribution is 2.30. The van der Waals surface area contributed by atoms with Gasteiger partial charge in [-0.25, -0.2) is 4.98 Å². The topological polar surface area (TPSA) is 73.2 Å². The largest absolute Gasteiger partial charge is 0.494 e. The predicted molar refractivity (Wildman–Crippen MR) is 123 cm³/mol. The van der Waals surface area contributed by atoms with Crippen LogP contribution in [0.15, 0.2) is 47.3 Å². The Labute approximate surface area is 182 Å². The number of ether oxygens (including phenoxy) is 1.